The Morgan fingerprint density at radius 2 is 1.82 bits per heavy atom. The number of carbonyl (C=O) groups is 1. The molecule has 0 aliphatic carbocycles. The molecule has 0 bridgehead atoms. The number of carboxylic acids is 1. The van der Waals surface area contributed by atoms with Gasteiger partial charge >= 0.3 is 5.97 Å². The Kier molecular flexibility index (Phi) is 2.74. The average Bonchev–Trinajstić information content (AvgIpc) is 2.28. The topological polar surface area (TPSA) is 80.4 Å². The molecule has 0 atom stereocenters. The van der Waals surface area contributed by atoms with Crippen LogP contribution in [0.25, 0.3) is 10.8 Å². The average molecular weight is 231 g/mol. The Morgan fingerprint density at radius 3 is 2.47 bits per heavy atom. The van der Waals surface area contributed by atoms with Crippen LogP contribution in [0, 0.1) is 10.1 Å². The van der Waals surface area contributed by atoms with Crippen LogP contribution in [0.1, 0.15) is 5.56 Å². The van der Waals surface area contributed by atoms with Crippen molar-refractivity contribution in [1.29, 1.82) is 0 Å². The molecular weight excluding hydrogens is 222 g/mol. The van der Waals surface area contributed by atoms with Crippen LogP contribution < -0.4 is 0 Å². The van der Waals surface area contributed by atoms with Gasteiger partial charge in [0.25, 0.3) is 5.69 Å². The molecule has 0 unspecified atom stereocenters. The van der Waals surface area contributed by atoms with Crippen molar-refractivity contribution in [2.75, 3.05) is 0 Å². The SMILES string of the molecule is O=C(O)Cc1cccc2c([N+](=O)[O-])cccc12. The van der Waals surface area contributed by atoms with Gasteiger partial charge in [0.05, 0.1) is 16.7 Å². The van der Waals surface area contributed by atoms with Gasteiger partial charge in [-0.2, -0.15) is 0 Å². The van der Waals surface area contributed by atoms with Crippen molar-refractivity contribution in [3.8, 4) is 0 Å². The first-order valence-corrected chi connectivity index (χ1v) is 4.96. The van der Waals surface area contributed by atoms with Gasteiger partial charge in [-0.05, 0) is 17.0 Å². The van der Waals surface area contributed by atoms with Gasteiger partial charge in [0.2, 0.25) is 0 Å². The zero-order chi connectivity index (χ0) is 12.4. The minimum atomic E-state index is -0.955. The third-order valence-corrected chi connectivity index (χ3v) is 2.53. The van der Waals surface area contributed by atoms with Gasteiger partial charge in [0.1, 0.15) is 0 Å². The molecule has 17 heavy (non-hydrogen) atoms. The predicted octanol–water partition coefficient (Wildman–Crippen LogP) is 2.38. The maximum absolute atomic E-state index is 10.8. The fourth-order valence-electron chi connectivity index (χ4n) is 1.83. The lowest BCUT2D eigenvalue weighted by Gasteiger charge is -2.04. The van der Waals surface area contributed by atoms with Gasteiger partial charge in [-0.15, -0.1) is 0 Å². The Labute approximate surface area is 96.5 Å². The molecule has 0 aliphatic rings. The van der Waals surface area contributed by atoms with E-state index >= 15 is 0 Å². The van der Waals surface area contributed by atoms with Crippen molar-refractivity contribution >= 4 is 22.4 Å². The van der Waals surface area contributed by atoms with E-state index in [0.717, 1.165) is 0 Å². The molecule has 1 N–H and O–H groups in total. The van der Waals surface area contributed by atoms with E-state index in [2.05, 4.69) is 0 Å². The highest BCUT2D eigenvalue weighted by molar-refractivity contribution is 5.94. The lowest BCUT2D eigenvalue weighted by Crippen LogP contribution is -2.01. The smallest absolute Gasteiger partial charge is 0.307 e. The Balaban J connectivity index is 2.69. The van der Waals surface area contributed by atoms with E-state index in [-0.39, 0.29) is 12.1 Å². The van der Waals surface area contributed by atoms with Crippen LogP contribution in [-0.4, -0.2) is 16.0 Å². The number of carboxylic acid groups (broad SMARTS) is 1. The van der Waals surface area contributed by atoms with E-state index in [1.165, 1.54) is 6.07 Å². The maximum atomic E-state index is 10.8. The maximum Gasteiger partial charge on any atom is 0.307 e. The van der Waals surface area contributed by atoms with Crippen LogP contribution in [0.3, 0.4) is 0 Å². The van der Waals surface area contributed by atoms with E-state index in [0.29, 0.717) is 16.3 Å². The number of fused-ring (bicyclic) bond motifs is 1. The molecule has 2 aromatic rings. The summed E-state index contributed by atoms with van der Waals surface area (Å²) in [5.74, 6) is -0.955. The summed E-state index contributed by atoms with van der Waals surface area (Å²) in [4.78, 5) is 21.1. The summed E-state index contributed by atoms with van der Waals surface area (Å²) >= 11 is 0. The number of hydrogen-bond acceptors (Lipinski definition) is 3. The normalized spacial score (nSPS) is 10.4. The van der Waals surface area contributed by atoms with E-state index in [1.807, 2.05) is 0 Å². The molecule has 0 heterocycles. The van der Waals surface area contributed by atoms with Crippen LogP contribution in [0.4, 0.5) is 5.69 Å². The molecule has 0 saturated heterocycles. The van der Waals surface area contributed by atoms with E-state index in [9.17, 15) is 14.9 Å². The first-order valence-electron chi connectivity index (χ1n) is 4.96. The highest BCUT2D eigenvalue weighted by Gasteiger charge is 2.13. The fourth-order valence-corrected chi connectivity index (χ4v) is 1.83. The summed E-state index contributed by atoms with van der Waals surface area (Å²) in [6.07, 6.45) is -0.140. The van der Waals surface area contributed by atoms with Crippen molar-refractivity contribution in [1.82, 2.24) is 0 Å². The first-order chi connectivity index (χ1) is 8.09. The molecule has 0 radical (unpaired) electrons. The monoisotopic (exact) mass is 231 g/mol. The number of aliphatic carboxylic acids is 1. The third kappa shape index (κ3) is 2.08. The van der Waals surface area contributed by atoms with Gasteiger partial charge in [-0.1, -0.05) is 24.3 Å². The molecule has 0 spiro atoms. The molecular formula is C12H9NO4. The second-order valence-electron chi connectivity index (χ2n) is 3.62. The lowest BCUT2D eigenvalue weighted by molar-refractivity contribution is -0.383. The molecule has 2 rings (SSSR count). The van der Waals surface area contributed by atoms with Gasteiger partial charge in [0, 0.05) is 6.07 Å². The van der Waals surface area contributed by atoms with Gasteiger partial charge < -0.3 is 5.11 Å². The molecule has 0 aliphatic heterocycles. The van der Waals surface area contributed by atoms with Crippen LogP contribution in [0.15, 0.2) is 36.4 Å². The molecule has 0 amide bonds. The van der Waals surface area contributed by atoms with Crippen molar-refractivity contribution in [2.24, 2.45) is 0 Å². The zero-order valence-corrected chi connectivity index (χ0v) is 8.79. The van der Waals surface area contributed by atoms with Gasteiger partial charge in [-0.3, -0.25) is 14.9 Å². The summed E-state index contributed by atoms with van der Waals surface area (Å²) in [5.41, 5.74) is 0.577. The molecule has 2 aromatic carbocycles. The Hall–Kier alpha value is -2.43. The largest absolute Gasteiger partial charge is 0.481 e. The number of nitro benzene ring substituents is 1. The molecule has 0 saturated carbocycles. The van der Waals surface area contributed by atoms with Crippen LogP contribution >= 0.6 is 0 Å². The predicted molar refractivity (Wildman–Crippen MR) is 61.9 cm³/mol. The number of hydrogen-bond donors (Lipinski definition) is 1. The van der Waals surface area contributed by atoms with E-state index in [4.69, 9.17) is 5.11 Å². The van der Waals surface area contributed by atoms with Crippen LogP contribution in [-0.2, 0) is 11.2 Å². The second-order valence-corrected chi connectivity index (χ2v) is 3.62. The lowest BCUT2D eigenvalue weighted by atomic mass is 10.0. The van der Waals surface area contributed by atoms with Crippen molar-refractivity contribution in [2.45, 2.75) is 6.42 Å². The quantitative estimate of drug-likeness (QED) is 0.649. The first kappa shape index (κ1) is 11.1. The van der Waals surface area contributed by atoms with E-state index in [1.54, 1.807) is 30.3 Å². The number of nitro groups is 1. The molecule has 5 nitrogen and oxygen atoms in total. The van der Waals surface area contributed by atoms with Crippen molar-refractivity contribution in [3.05, 3.63) is 52.1 Å². The highest BCUT2D eigenvalue weighted by atomic mass is 16.6. The Bertz CT molecular complexity index is 606. The number of benzene rings is 2. The number of rotatable bonds is 3. The summed E-state index contributed by atoms with van der Waals surface area (Å²) in [5, 5.41) is 20.7. The molecule has 86 valence electrons. The Morgan fingerprint density at radius 1 is 1.18 bits per heavy atom. The molecule has 0 fully saturated rings. The summed E-state index contributed by atoms with van der Waals surface area (Å²) in [7, 11) is 0. The van der Waals surface area contributed by atoms with Crippen LogP contribution in [0.2, 0.25) is 0 Å². The van der Waals surface area contributed by atoms with Crippen LogP contribution in [0.5, 0.6) is 0 Å². The summed E-state index contributed by atoms with van der Waals surface area (Å²) in [6, 6.07) is 9.59. The number of nitrogens with zero attached hydrogens (tertiary/aromatic N) is 1. The van der Waals surface area contributed by atoms with Gasteiger partial charge in [0.15, 0.2) is 0 Å². The zero-order valence-electron chi connectivity index (χ0n) is 8.79. The third-order valence-electron chi connectivity index (χ3n) is 2.53. The second kappa shape index (κ2) is 4.21. The standard InChI is InChI=1S/C12H9NO4/c14-12(15)7-8-3-1-5-10-9(8)4-2-6-11(10)13(16)17/h1-6H,7H2,(H,14,15). The molecule has 0 aromatic heterocycles. The number of non-ortho nitro benzene ring substituents is 1. The van der Waals surface area contributed by atoms with E-state index < -0.39 is 10.9 Å². The molecule has 5 heteroatoms. The highest BCUT2D eigenvalue weighted by Crippen LogP contribution is 2.27. The fraction of sp³-hybridized carbons (Fsp3) is 0.0833. The van der Waals surface area contributed by atoms with Crippen molar-refractivity contribution in [3.63, 3.8) is 0 Å². The minimum absolute atomic E-state index is 0.00487. The summed E-state index contributed by atoms with van der Waals surface area (Å²) in [6.45, 7) is 0. The minimum Gasteiger partial charge on any atom is -0.481 e. The van der Waals surface area contributed by atoms with Crippen molar-refractivity contribution < 1.29 is 14.8 Å². The van der Waals surface area contributed by atoms with Gasteiger partial charge in [-0.25, -0.2) is 0 Å². The summed E-state index contributed by atoms with van der Waals surface area (Å²) < 4.78 is 0.